The van der Waals surface area contributed by atoms with Crippen LogP contribution in [0.15, 0.2) is 11.6 Å². The molecule has 0 amide bonds. The summed E-state index contributed by atoms with van der Waals surface area (Å²) in [5.41, 5.74) is 1.34. The molecule has 0 heterocycles. The van der Waals surface area contributed by atoms with Gasteiger partial charge in [-0.3, -0.25) is 0 Å². The zero-order valence-corrected chi connectivity index (χ0v) is 15.3. The summed E-state index contributed by atoms with van der Waals surface area (Å²) in [6.07, 6.45) is 14.1. The average molecular weight is 297 g/mol. The van der Waals surface area contributed by atoms with Gasteiger partial charge < -0.3 is 5.11 Å². The SMILES string of the molecule is C/C(=C/CO)CCCC(C)CCCC(C)CCCC(C)C. The molecule has 1 nitrogen and oxygen atoms in total. The zero-order valence-electron chi connectivity index (χ0n) is 15.3. The molecule has 0 radical (unpaired) electrons. The molecule has 1 heteroatoms. The first kappa shape index (κ1) is 20.7. The Morgan fingerprint density at radius 1 is 0.810 bits per heavy atom. The molecule has 0 aromatic heterocycles. The zero-order chi connectivity index (χ0) is 16.1. The fourth-order valence-corrected chi connectivity index (χ4v) is 2.97. The van der Waals surface area contributed by atoms with Gasteiger partial charge in [0, 0.05) is 0 Å². The summed E-state index contributed by atoms with van der Waals surface area (Å²) in [7, 11) is 0. The Morgan fingerprint density at radius 2 is 1.29 bits per heavy atom. The Kier molecular flexibility index (Phi) is 13.2. The van der Waals surface area contributed by atoms with Crippen LogP contribution in [0.25, 0.3) is 0 Å². The molecule has 21 heavy (non-hydrogen) atoms. The van der Waals surface area contributed by atoms with E-state index in [0.717, 1.165) is 24.2 Å². The standard InChI is InChI=1S/C20H40O/c1-17(2)9-6-10-18(3)11-7-12-19(4)13-8-14-20(5)15-16-21/h15,17-19,21H,6-14,16H2,1-5H3/b20-15-. The van der Waals surface area contributed by atoms with Gasteiger partial charge in [-0.1, -0.05) is 84.3 Å². The van der Waals surface area contributed by atoms with Gasteiger partial charge in [0.05, 0.1) is 6.61 Å². The largest absolute Gasteiger partial charge is 0.392 e. The van der Waals surface area contributed by atoms with E-state index in [9.17, 15) is 0 Å². The molecular formula is C20H40O. The van der Waals surface area contributed by atoms with Gasteiger partial charge in [0.2, 0.25) is 0 Å². The molecule has 0 saturated carbocycles. The number of aliphatic hydroxyl groups is 1. The van der Waals surface area contributed by atoms with Gasteiger partial charge >= 0.3 is 0 Å². The quantitative estimate of drug-likeness (QED) is 0.392. The molecule has 0 saturated heterocycles. The summed E-state index contributed by atoms with van der Waals surface area (Å²) in [4.78, 5) is 0. The predicted molar refractivity (Wildman–Crippen MR) is 95.6 cm³/mol. The highest BCUT2D eigenvalue weighted by molar-refractivity contribution is 4.97. The summed E-state index contributed by atoms with van der Waals surface area (Å²) in [6.45, 7) is 11.8. The van der Waals surface area contributed by atoms with Crippen LogP contribution in [0.1, 0.15) is 92.4 Å². The Labute approximate surface area is 134 Å². The highest BCUT2D eigenvalue weighted by Crippen LogP contribution is 2.21. The topological polar surface area (TPSA) is 20.2 Å². The summed E-state index contributed by atoms with van der Waals surface area (Å²) in [6, 6.07) is 0. The van der Waals surface area contributed by atoms with Crippen molar-refractivity contribution >= 4 is 0 Å². The monoisotopic (exact) mass is 296 g/mol. The maximum absolute atomic E-state index is 8.83. The van der Waals surface area contributed by atoms with Gasteiger partial charge in [0.25, 0.3) is 0 Å². The molecule has 0 bridgehead atoms. The van der Waals surface area contributed by atoms with Gasteiger partial charge in [-0.05, 0) is 37.5 Å². The van der Waals surface area contributed by atoms with Crippen LogP contribution in [0.2, 0.25) is 0 Å². The van der Waals surface area contributed by atoms with Crippen molar-refractivity contribution in [2.75, 3.05) is 6.61 Å². The number of hydrogen-bond donors (Lipinski definition) is 1. The molecule has 0 aliphatic carbocycles. The second-order valence-corrected chi connectivity index (χ2v) is 7.59. The highest BCUT2D eigenvalue weighted by atomic mass is 16.2. The summed E-state index contributed by atoms with van der Waals surface area (Å²) in [5.74, 6) is 2.63. The van der Waals surface area contributed by atoms with E-state index in [1.807, 2.05) is 6.08 Å². The van der Waals surface area contributed by atoms with Crippen LogP contribution in [-0.2, 0) is 0 Å². The lowest BCUT2D eigenvalue weighted by atomic mass is 9.91. The van der Waals surface area contributed by atoms with E-state index >= 15 is 0 Å². The number of aliphatic hydroxyl groups excluding tert-OH is 1. The van der Waals surface area contributed by atoms with Crippen LogP contribution in [0.5, 0.6) is 0 Å². The summed E-state index contributed by atoms with van der Waals surface area (Å²) >= 11 is 0. The van der Waals surface area contributed by atoms with E-state index in [0.29, 0.717) is 0 Å². The predicted octanol–water partition coefficient (Wildman–Crippen LogP) is 6.36. The molecule has 0 rings (SSSR count). The first-order valence-electron chi connectivity index (χ1n) is 9.22. The molecular weight excluding hydrogens is 256 g/mol. The summed E-state index contributed by atoms with van der Waals surface area (Å²) < 4.78 is 0. The fourth-order valence-electron chi connectivity index (χ4n) is 2.97. The first-order valence-corrected chi connectivity index (χ1v) is 9.22. The van der Waals surface area contributed by atoms with Crippen molar-refractivity contribution in [2.24, 2.45) is 17.8 Å². The number of rotatable bonds is 13. The van der Waals surface area contributed by atoms with E-state index in [1.54, 1.807) is 0 Å². The van der Waals surface area contributed by atoms with E-state index in [1.165, 1.54) is 56.9 Å². The molecule has 126 valence electrons. The number of allylic oxidation sites excluding steroid dienone is 1. The van der Waals surface area contributed by atoms with E-state index < -0.39 is 0 Å². The third kappa shape index (κ3) is 14.4. The molecule has 2 atom stereocenters. The van der Waals surface area contributed by atoms with Crippen LogP contribution in [0.3, 0.4) is 0 Å². The van der Waals surface area contributed by atoms with E-state index in [-0.39, 0.29) is 6.61 Å². The Balaban J connectivity index is 3.52. The normalized spacial score (nSPS) is 15.5. The van der Waals surface area contributed by atoms with Gasteiger partial charge in [0.15, 0.2) is 0 Å². The first-order chi connectivity index (χ1) is 9.95. The van der Waals surface area contributed by atoms with Crippen molar-refractivity contribution < 1.29 is 5.11 Å². The molecule has 0 aliphatic heterocycles. The minimum atomic E-state index is 0.191. The molecule has 0 spiro atoms. The van der Waals surface area contributed by atoms with Gasteiger partial charge in [-0.15, -0.1) is 0 Å². The molecule has 0 aromatic carbocycles. The maximum Gasteiger partial charge on any atom is 0.0614 e. The third-order valence-corrected chi connectivity index (χ3v) is 4.58. The average Bonchev–Trinajstić information content (AvgIpc) is 2.38. The fraction of sp³-hybridized carbons (Fsp3) is 0.900. The minimum Gasteiger partial charge on any atom is -0.392 e. The van der Waals surface area contributed by atoms with Crippen LogP contribution in [0, 0.1) is 17.8 Å². The molecule has 0 fully saturated rings. The molecule has 2 unspecified atom stereocenters. The van der Waals surface area contributed by atoms with E-state index in [2.05, 4.69) is 34.6 Å². The van der Waals surface area contributed by atoms with Crippen LogP contribution >= 0.6 is 0 Å². The number of hydrogen-bond acceptors (Lipinski definition) is 1. The van der Waals surface area contributed by atoms with Crippen LogP contribution in [-0.4, -0.2) is 11.7 Å². The lowest BCUT2D eigenvalue weighted by Crippen LogP contribution is -2.00. The lowest BCUT2D eigenvalue weighted by Gasteiger charge is -2.15. The van der Waals surface area contributed by atoms with Crippen molar-refractivity contribution in [3.05, 3.63) is 11.6 Å². The van der Waals surface area contributed by atoms with Gasteiger partial charge in [-0.25, -0.2) is 0 Å². The van der Waals surface area contributed by atoms with Crippen molar-refractivity contribution in [1.29, 1.82) is 0 Å². The smallest absolute Gasteiger partial charge is 0.0614 e. The maximum atomic E-state index is 8.83. The molecule has 1 N–H and O–H groups in total. The van der Waals surface area contributed by atoms with Gasteiger partial charge in [0.1, 0.15) is 0 Å². The highest BCUT2D eigenvalue weighted by Gasteiger charge is 2.06. The minimum absolute atomic E-state index is 0.191. The van der Waals surface area contributed by atoms with Crippen molar-refractivity contribution in [3.8, 4) is 0 Å². The van der Waals surface area contributed by atoms with Crippen molar-refractivity contribution in [1.82, 2.24) is 0 Å². The van der Waals surface area contributed by atoms with Crippen molar-refractivity contribution in [2.45, 2.75) is 92.4 Å². The second kappa shape index (κ2) is 13.4. The van der Waals surface area contributed by atoms with Crippen molar-refractivity contribution in [3.63, 3.8) is 0 Å². The lowest BCUT2D eigenvalue weighted by molar-refractivity contribution is 0.341. The molecule has 0 aliphatic rings. The van der Waals surface area contributed by atoms with E-state index in [4.69, 9.17) is 5.11 Å². The van der Waals surface area contributed by atoms with Crippen LogP contribution in [0.4, 0.5) is 0 Å². The Morgan fingerprint density at radius 3 is 1.76 bits per heavy atom. The van der Waals surface area contributed by atoms with Crippen LogP contribution < -0.4 is 0 Å². The molecule has 0 aromatic rings. The van der Waals surface area contributed by atoms with Gasteiger partial charge in [-0.2, -0.15) is 0 Å². The second-order valence-electron chi connectivity index (χ2n) is 7.59. The summed E-state index contributed by atoms with van der Waals surface area (Å²) in [5, 5.41) is 8.83. The third-order valence-electron chi connectivity index (χ3n) is 4.58. The Hall–Kier alpha value is -0.300. The Bertz CT molecular complexity index is 255.